The van der Waals surface area contributed by atoms with Gasteiger partial charge in [0.05, 0.1) is 29.0 Å². The predicted octanol–water partition coefficient (Wildman–Crippen LogP) is 4.88. The van der Waals surface area contributed by atoms with Crippen molar-refractivity contribution in [1.82, 2.24) is 14.9 Å². The van der Waals surface area contributed by atoms with Crippen molar-refractivity contribution in [3.63, 3.8) is 0 Å². The Labute approximate surface area is 198 Å². The number of thioether (sulfide) groups is 1. The summed E-state index contributed by atoms with van der Waals surface area (Å²) in [4.78, 5) is 30.9. The number of carbonyl (C=O) groups excluding carboxylic acids is 1. The van der Waals surface area contributed by atoms with Crippen LogP contribution in [-0.4, -0.2) is 34.4 Å². The third kappa shape index (κ3) is 5.47. The summed E-state index contributed by atoms with van der Waals surface area (Å²) >= 11 is 1.29. The van der Waals surface area contributed by atoms with E-state index < -0.39 is 5.25 Å². The third-order valence-corrected chi connectivity index (χ3v) is 6.91. The summed E-state index contributed by atoms with van der Waals surface area (Å²) in [6, 6.07) is 14.5. The van der Waals surface area contributed by atoms with Gasteiger partial charge in [-0.25, -0.2) is 4.98 Å². The number of nitrogens with one attached hydrogen (secondary N) is 1. The van der Waals surface area contributed by atoms with Gasteiger partial charge in [-0.1, -0.05) is 35.5 Å². The first-order chi connectivity index (χ1) is 16.1. The van der Waals surface area contributed by atoms with Gasteiger partial charge < -0.3 is 10.1 Å². The number of methoxy groups -OCH3 is 1. The molecule has 0 spiro atoms. The summed E-state index contributed by atoms with van der Waals surface area (Å²) in [5.41, 5.74) is 2.57. The van der Waals surface area contributed by atoms with Gasteiger partial charge in [-0.15, -0.1) is 0 Å². The van der Waals surface area contributed by atoms with Crippen LogP contribution in [-0.2, 0) is 4.79 Å². The maximum absolute atomic E-state index is 13.4. The highest BCUT2D eigenvalue weighted by atomic mass is 32.2. The number of fused-ring (bicyclic) bond motifs is 1. The predicted molar refractivity (Wildman–Crippen MR) is 133 cm³/mol. The molecule has 1 unspecified atom stereocenters. The zero-order valence-corrected chi connectivity index (χ0v) is 19.9. The van der Waals surface area contributed by atoms with Gasteiger partial charge in [0.2, 0.25) is 5.91 Å². The van der Waals surface area contributed by atoms with Crippen LogP contribution in [0, 0.1) is 0 Å². The smallest absolute Gasteiger partial charge is 0.266 e. The minimum absolute atomic E-state index is 0.0555. The minimum atomic E-state index is -0.400. The molecule has 3 aromatic rings. The fourth-order valence-electron chi connectivity index (χ4n) is 3.98. The lowest BCUT2D eigenvalue weighted by Crippen LogP contribution is -2.32. The molecule has 1 heterocycles. The average molecular weight is 464 g/mol. The molecule has 0 bridgehead atoms. The molecule has 1 amide bonds. The SMILES string of the molecule is COc1ccc(-n2c(SC(C)C(=O)NCCC3=CCCCC3)nc3ccccc3c2=O)cc1. The number of benzene rings is 2. The number of amides is 1. The van der Waals surface area contributed by atoms with E-state index in [9.17, 15) is 9.59 Å². The number of allylic oxidation sites excluding steroid dienone is 1. The van der Waals surface area contributed by atoms with E-state index in [0.717, 1.165) is 19.3 Å². The first kappa shape index (κ1) is 23.1. The molecule has 0 saturated carbocycles. The van der Waals surface area contributed by atoms with Crippen LogP contribution in [0.4, 0.5) is 0 Å². The molecule has 0 fully saturated rings. The molecule has 172 valence electrons. The number of hydrogen-bond donors (Lipinski definition) is 1. The number of para-hydroxylation sites is 1. The molecule has 7 heteroatoms. The summed E-state index contributed by atoms with van der Waals surface area (Å²) < 4.78 is 6.82. The molecule has 1 N–H and O–H groups in total. The standard InChI is InChI=1S/C26H29N3O3S/c1-18(24(30)27-17-16-19-8-4-3-5-9-19)33-26-28-23-11-7-6-10-22(23)25(31)29(26)20-12-14-21(32-2)15-13-20/h6-8,10-15,18H,3-5,9,16-17H2,1-2H3,(H,27,30). The van der Waals surface area contributed by atoms with Gasteiger partial charge in [0.25, 0.3) is 5.56 Å². The topological polar surface area (TPSA) is 73.2 Å². The van der Waals surface area contributed by atoms with Crippen LogP contribution in [0.1, 0.15) is 39.0 Å². The van der Waals surface area contributed by atoms with Crippen molar-refractivity contribution in [1.29, 1.82) is 0 Å². The van der Waals surface area contributed by atoms with E-state index in [1.165, 1.54) is 30.2 Å². The van der Waals surface area contributed by atoms with E-state index >= 15 is 0 Å². The second-order valence-electron chi connectivity index (χ2n) is 8.16. The summed E-state index contributed by atoms with van der Waals surface area (Å²) in [6.07, 6.45) is 7.98. The number of nitrogens with zero attached hydrogens (tertiary/aromatic N) is 2. The highest BCUT2D eigenvalue weighted by molar-refractivity contribution is 8.00. The maximum atomic E-state index is 13.4. The normalized spacial score (nSPS) is 14.5. The Bertz CT molecular complexity index is 1220. The van der Waals surface area contributed by atoms with Gasteiger partial charge in [-0.3, -0.25) is 14.2 Å². The Morgan fingerprint density at radius 3 is 2.70 bits per heavy atom. The Morgan fingerprint density at radius 1 is 1.18 bits per heavy atom. The van der Waals surface area contributed by atoms with Crippen LogP contribution < -0.4 is 15.6 Å². The lowest BCUT2D eigenvalue weighted by atomic mass is 9.97. The average Bonchev–Trinajstić information content (AvgIpc) is 2.85. The number of ether oxygens (including phenoxy) is 1. The van der Waals surface area contributed by atoms with Crippen molar-refractivity contribution >= 4 is 28.6 Å². The molecule has 33 heavy (non-hydrogen) atoms. The first-order valence-corrected chi connectivity index (χ1v) is 12.2. The van der Waals surface area contributed by atoms with Gasteiger partial charge in [0.15, 0.2) is 5.16 Å². The third-order valence-electron chi connectivity index (χ3n) is 5.86. The molecule has 1 aliphatic rings. The van der Waals surface area contributed by atoms with E-state index in [0.29, 0.717) is 34.0 Å². The Morgan fingerprint density at radius 2 is 1.97 bits per heavy atom. The molecule has 0 saturated heterocycles. The fourth-order valence-corrected chi connectivity index (χ4v) is 4.94. The van der Waals surface area contributed by atoms with Crippen molar-refractivity contribution in [2.75, 3.05) is 13.7 Å². The van der Waals surface area contributed by atoms with Gasteiger partial charge in [-0.05, 0) is 75.4 Å². The van der Waals surface area contributed by atoms with Crippen LogP contribution in [0.15, 0.2) is 70.1 Å². The largest absolute Gasteiger partial charge is 0.497 e. The Hall–Kier alpha value is -3.06. The molecule has 1 aromatic heterocycles. The number of rotatable bonds is 8. The van der Waals surface area contributed by atoms with Crippen LogP contribution in [0.5, 0.6) is 5.75 Å². The number of aromatic nitrogens is 2. The quantitative estimate of drug-likeness (QED) is 0.293. The summed E-state index contributed by atoms with van der Waals surface area (Å²) in [7, 11) is 1.60. The fraction of sp³-hybridized carbons (Fsp3) is 0.346. The molecular formula is C26H29N3O3S. The van der Waals surface area contributed by atoms with Gasteiger partial charge in [0, 0.05) is 6.54 Å². The number of carbonyl (C=O) groups is 1. The molecular weight excluding hydrogens is 434 g/mol. The summed E-state index contributed by atoms with van der Waals surface area (Å²) in [6.45, 7) is 2.48. The van der Waals surface area contributed by atoms with Crippen molar-refractivity contribution in [2.45, 2.75) is 49.4 Å². The minimum Gasteiger partial charge on any atom is -0.497 e. The lowest BCUT2D eigenvalue weighted by molar-refractivity contribution is -0.120. The van der Waals surface area contributed by atoms with E-state index in [2.05, 4.69) is 11.4 Å². The zero-order chi connectivity index (χ0) is 23.2. The van der Waals surface area contributed by atoms with Crippen LogP contribution in [0.3, 0.4) is 0 Å². The van der Waals surface area contributed by atoms with Gasteiger partial charge in [0.1, 0.15) is 5.75 Å². The van der Waals surface area contributed by atoms with Gasteiger partial charge >= 0.3 is 0 Å². The van der Waals surface area contributed by atoms with Crippen LogP contribution in [0.2, 0.25) is 0 Å². The maximum Gasteiger partial charge on any atom is 0.266 e. The molecule has 1 atom stereocenters. The highest BCUT2D eigenvalue weighted by Gasteiger charge is 2.20. The second kappa shape index (κ2) is 10.7. The lowest BCUT2D eigenvalue weighted by Gasteiger charge is -2.17. The first-order valence-electron chi connectivity index (χ1n) is 11.4. The molecule has 0 aliphatic heterocycles. The van der Waals surface area contributed by atoms with Crippen molar-refractivity contribution < 1.29 is 9.53 Å². The molecule has 6 nitrogen and oxygen atoms in total. The summed E-state index contributed by atoms with van der Waals surface area (Å²) in [5, 5.41) is 3.67. The van der Waals surface area contributed by atoms with Crippen molar-refractivity contribution in [2.24, 2.45) is 0 Å². The summed E-state index contributed by atoms with van der Waals surface area (Å²) in [5.74, 6) is 0.649. The van der Waals surface area contributed by atoms with E-state index in [-0.39, 0.29) is 11.5 Å². The number of hydrogen-bond acceptors (Lipinski definition) is 5. The molecule has 1 aliphatic carbocycles. The van der Waals surface area contributed by atoms with Crippen LogP contribution >= 0.6 is 11.8 Å². The second-order valence-corrected chi connectivity index (χ2v) is 9.47. The molecule has 0 radical (unpaired) electrons. The monoisotopic (exact) mass is 463 g/mol. The van der Waals surface area contributed by atoms with Crippen molar-refractivity contribution in [3.8, 4) is 11.4 Å². The van der Waals surface area contributed by atoms with Crippen molar-refractivity contribution in [3.05, 3.63) is 70.5 Å². The Balaban J connectivity index is 1.57. The van der Waals surface area contributed by atoms with Crippen LogP contribution in [0.25, 0.3) is 16.6 Å². The Kier molecular flexibility index (Phi) is 7.50. The zero-order valence-electron chi connectivity index (χ0n) is 19.0. The van der Waals surface area contributed by atoms with E-state index in [4.69, 9.17) is 9.72 Å². The van der Waals surface area contributed by atoms with E-state index in [1.54, 1.807) is 17.7 Å². The molecule has 4 rings (SSSR count). The molecule has 2 aromatic carbocycles. The van der Waals surface area contributed by atoms with Gasteiger partial charge in [-0.2, -0.15) is 0 Å². The van der Waals surface area contributed by atoms with E-state index in [1.807, 2.05) is 49.4 Å². The highest BCUT2D eigenvalue weighted by Crippen LogP contribution is 2.26.